The molecule has 0 radical (unpaired) electrons. The number of carbonyl (C=O) groups excluding carboxylic acids is 1. The summed E-state index contributed by atoms with van der Waals surface area (Å²) in [5.41, 5.74) is 1.37. The number of hydrogen-bond acceptors (Lipinski definition) is 6. The summed E-state index contributed by atoms with van der Waals surface area (Å²) in [6, 6.07) is 14.1. The maximum Gasteiger partial charge on any atom is 0.247 e. The molecule has 0 amide bonds. The highest BCUT2D eigenvalue weighted by molar-refractivity contribution is 5.97. The Hall–Kier alpha value is -3.15. The first kappa shape index (κ1) is 15.7. The molecule has 0 unspecified atom stereocenters. The molecule has 0 N–H and O–H groups in total. The molecule has 6 heteroatoms. The van der Waals surface area contributed by atoms with Crippen LogP contribution in [0.4, 0.5) is 0 Å². The van der Waals surface area contributed by atoms with E-state index in [1.54, 1.807) is 48.5 Å². The first-order chi connectivity index (χ1) is 11.8. The molecule has 3 rings (SSSR count). The van der Waals surface area contributed by atoms with Gasteiger partial charge in [-0.05, 0) is 55.5 Å². The third-order valence-electron chi connectivity index (χ3n) is 3.32. The van der Waals surface area contributed by atoms with Crippen molar-refractivity contribution < 1.29 is 18.7 Å². The molecule has 24 heavy (non-hydrogen) atoms. The normalized spacial score (nSPS) is 10.4. The molecule has 0 atom stereocenters. The molecule has 1 aromatic heterocycles. The van der Waals surface area contributed by atoms with E-state index in [4.69, 9.17) is 13.9 Å². The number of aromatic nitrogens is 2. The van der Waals surface area contributed by atoms with Crippen molar-refractivity contribution in [3.63, 3.8) is 0 Å². The fraction of sp³-hybridized carbons (Fsp3) is 0.167. The Morgan fingerprint density at radius 3 is 2.29 bits per heavy atom. The van der Waals surface area contributed by atoms with E-state index >= 15 is 0 Å². The number of Topliss-reactive ketones (excluding diaryl/α,β-unsaturated/α-hetero) is 1. The molecule has 0 spiro atoms. The second-order valence-electron chi connectivity index (χ2n) is 4.94. The predicted molar refractivity (Wildman–Crippen MR) is 87.2 cm³/mol. The molecule has 0 aliphatic carbocycles. The number of rotatable bonds is 7. The number of hydrogen-bond donors (Lipinski definition) is 0. The highest BCUT2D eigenvalue weighted by atomic mass is 16.5. The third kappa shape index (κ3) is 3.78. The fourth-order valence-electron chi connectivity index (χ4n) is 2.13. The van der Waals surface area contributed by atoms with Crippen molar-refractivity contribution in [2.75, 3.05) is 13.2 Å². The van der Waals surface area contributed by atoms with Crippen LogP contribution < -0.4 is 9.47 Å². The van der Waals surface area contributed by atoms with Gasteiger partial charge in [-0.3, -0.25) is 4.79 Å². The van der Waals surface area contributed by atoms with E-state index in [1.807, 2.05) is 6.92 Å². The van der Waals surface area contributed by atoms with Crippen molar-refractivity contribution in [1.29, 1.82) is 0 Å². The first-order valence-electron chi connectivity index (χ1n) is 7.51. The van der Waals surface area contributed by atoms with E-state index in [9.17, 15) is 4.79 Å². The van der Waals surface area contributed by atoms with Crippen LogP contribution in [0.15, 0.2) is 59.3 Å². The van der Waals surface area contributed by atoms with E-state index in [0.29, 0.717) is 23.8 Å². The molecule has 0 bridgehead atoms. The Kier molecular flexibility index (Phi) is 4.86. The van der Waals surface area contributed by atoms with Crippen LogP contribution in [0.2, 0.25) is 0 Å². The van der Waals surface area contributed by atoms with E-state index in [1.165, 1.54) is 6.39 Å². The van der Waals surface area contributed by atoms with Crippen molar-refractivity contribution in [1.82, 2.24) is 10.2 Å². The van der Waals surface area contributed by atoms with Crippen LogP contribution in [-0.2, 0) is 0 Å². The summed E-state index contributed by atoms with van der Waals surface area (Å²) >= 11 is 0. The van der Waals surface area contributed by atoms with Crippen molar-refractivity contribution in [2.24, 2.45) is 0 Å². The van der Waals surface area contributed by atoms with Crippen molar-refractivity contribution >= 4 is 5.78 Å². The third-order valence-corrected chi connectivity index (χ3v) is 3.32. The van der Waals surface area contributed by atoms with Gasteiger partial charge in [-0.1, -0.05) is 0 Å². The minimum absolute atomic E-state index is 0.0338. The summed E-state index contributed by atoms with van der Waals surface area (Å²) in [5, 5.41) is 7.46. The van der Waals surface area contributed by atoms with Crippen LogP contribution in [0.25, 0.3) is 11.5 Å². The van der Waals surface area contributed by atoms with Gasteiger partial charge in [-0.2, -0.15) is 0 Å². The lowest BCUT2D eigenvalue weighted by molar-refractivity contribution is 0.0921. The highest BCUT2D eigenvalue weighted by Gasteiger charge is 2.08. The Balaban J connectivity index is 1.57. The minimum Gasteiger partial charge on any atom is -0.494 e. The van der Waals surface area contributed by atoms with Crippen molar-refractivity contribution in [3.05, 3.63) is 60.5 Å². The van der Waals surface area contributed by atoms with Gasteiger partial charge in [0.2, 0.25) is 12.3 Å². The van der Waals surface area contributed by atoms with Crippen LogP contribution in [0.3, 0.4) is 0 Å². The van der Waals surface area contributed by atoms with Crippen LogP contribution in [0.1, 0.15) is 17.3 Å². The lowest BCUT2D eigenvalue weighted by Crippen LogP contribution is -2.11. The fourth-order valence-corrected chi connectivity index (χ4v) is 2.13. The van der Waals surface area contributed by atoms with Gasteiger partial charge in [-0.25, -0.2) is 0 Å². The molecule has 6 nitrogen and oxygen atoms in total. The largest absolute Gasteiger partial charge is 0.494 e. The smallest absolute Gasteiger partial charge is 0.247 e. The zero-order valence-electron chi connectivity index (χ0n) is 13.1. The van der Waals surface area contributed by atoms with Crippen LogP contribution in [0, 0.1) is 0 Å². The maximum atomic E-state index is 12.1. The molecule has 0 saturated carbocycles. The van der Waals surface area contributed by atoms with Crippen LogP contribution in [0.5, 0.6) is 11.5 Å². The van der Waals surface area contributed by atoms with Gasteiger partial charge in [0.25, 0.3) is 0 Å². The molecule has 0 aliphatic rings. The van der Waals surface area contributed by atoms with Gasteiger partial charge in [0.05, 0.1) is 6.61 Å². The number of benzene rings is 2. The molecule has 122 valence electrons. The quantitative estimate of drug-likeness (QED) is 0.620. The monoisotopic (exact) mass is 324 g/mol. The summed E-state index contributed by atoms with van der Waals surface area (Å²) in [6.45, 7) is 2.47. The second-order valence-corrected chi connectivity index (χ2v) is 4.94. The topological polar surface area (TPSA) is 74.5 Å². The van der Waals surface area contributed by atoms with Crippen molar-refractivity contribution in [3.8, 4) is 23.0 Å². The summed E-state index contributed by atoms with van der Waals surface area (Å²) in [5.74, 6) is 1.68. The SMILES string of the molecule is CCOc1ccc(C(=O)COc2ccc(-c3nnco3)cc2)cc1. The standard InChI is InChI=1S/C18H16N2O4/c1-2-22-15-7-3-13(4-8-15)17(21)11-23-16-9-5-14(6-10-16)18-20-19-12-24-18/h3-10,12H,2,11H2,1H3. The summed E-state index contributed by atoms with van der Waals surface area (Å²) in [7, 11) is 0. The number of carbonyl (C=O) groups is 1. The summed E-state index contributed by atoms with van der Waals surface area (Å²) in [4.78, 5) is 12.1. The Morgan fingerprint density at radius 1 is 1.00 bits per heavy atom. The van der Waals surface area contributed by atoms with Gasteiger partial charge in [0, 0.05) is 11.1 Å². The van der Waals surface area contributed by atoms with Gasteiger partial charge < -0.3 is 13.9 Å². The van der Waals surface area contributed by atoms with Gasteiger partial charge in [-0.15, -0.1) is 10.2 Å². The van der Waals surface area contributed by atoms with E-state index < -0.39 is 0 Å². The minimum atomic E-state index is -0.0981. The second kappa shape index (κ2) is 7.41. The number of nitrogens with zero attached hydrogens (tertiary/aromatic N) is 2. The predicted octanol–water partition coefficient (Wildman–Crippen LogP) is 3.40. The lowest BCUT2D eigenvalue weighted by atomic mass is 10.1. The molecule has 2 aromatic carbocycles. The molecule has 0 fully saturated rings. The number of ether oxygens (including phenoxy) is 2. The molecular formula is C18H16N2O4. The van der Waals surface area contributed by atoms with Gasteiger partial charge in [0.15, 0.2) is 12.4 Å². The highest BCUT2D eigenvalue weighted by Crippen LogP contribution is 2.20. The average Bonchev–Trinajstić information content (AvgIpc) is 3.16. The molecule has 1 heterocycles. The first-order valence-corrected chi connectivity index (χ1v) is 7.51. The van der Waals surface area contributed by atoms with Crippen molar-refractivity contribution in [2.45, 2.75) is 6.92 Å². The maximum absolute atomic E-state index is 12.1. The Morgan fingerprint density at radius 2 is 1.67 bits per heavy atom. The van der Waals surface area contributed by atoms with E-state index in [2.05, 4.69) is 10.2 Å². The Bertz CT molecular complexity index is 781. The molecule has 3 aromatic rings. The van der Waals surface area contributed by atoms with Crippen LogP contribution >= 0.6 is 0 Å². The van der Waals surface area contributed by atoms with Gasteiger partial charge in [0.1, 0.15) is 11.5 Å². The zero-order valence-corrected chi connectivity index (χ0v) is 13.1. The lowest BCUT2D eigenvalue weighted by Gasteiger charge is -2.07. The average molecular weight is 324 g/mol. The number of ketones is 1. The Labute approximate surface area is 139 Å². The molecule has 0 aliphatic heterocycles. The zero-order chi connectivity index (χ0) is 16.8. The summed E-state index contributed by atoms with van der Waals surface area (Å²) in [6.07, 6.45) is 1.27. The van der Waals surface area contributed by atoms with E-state index in [-0.39, 0.29) is 12.4 Å². The van der Waals surface area contributed by atoms with Gasteiger partial charge >= 0.3 is 0 Å². The molecule has 0 saturated heterocycles. The van der Waals surface area contributed by atoms with Crippen LogP contribution in [-0.4, -0.2) is 29.2 Å². The molecular weight excluding hydrogens is 308 g/mol. The summed E-state index contributed by atoms with van der Waals surface area (Å²) < 4.78 is 16.0. The van der Waals surface area contributed by atoms with E-state index in [0.717, 1.165) is 11.3 Å².